The number of hydrogen-bond donors (Lipinski definition) is 3. The Balaban J connectivity index is 1.42. The highest BCUT2D eigenvalue weighted by molar-refractivity contribution is 6.00. The minimum Gasteiger partial charge on any atom is -0.490 e. The van der Waals surface area contributed by atoms with Gasteiger partial charge in [0.1, 0.15) is 34.9 Å². The van der Waals surface area contributed by atoms with E-state index in [-0.39, 0.29) is 41.5 Å². The third kappa shape index (κ3) is 6.22. The Bertz CT molecular complexity index is 1400. The minimum absolute atomic E-state index is 0.00616. The van der Waals surface area contributed by atoms with Crippen molar-refractivity contribution >= 4 is 11.5 Å². The normalized spacial score (nSPS) is 23.4. The largest absolute Gasteiger partial charge is 0.490 e. The number of aliphatic hydroxyl groups excluding tert-OH is 1. The van der Waals surface area contributed by atoms with Gasteiger partial charge in [-0.3, -0.25) is 9.78 Å². The molecule has 0 radical (unpaired) electrons. The zero-order chi connectivity index (χ0) is 29.3. The Hall–Kier alpha value is -3.54. The van der Waals surface area contributed by atoms with Crippen molar-refractivity contribution in [1.29, 1.82) is 0 Å². The van der Waals surface area contributed by atoms with Crippen LogP contribution in [0.15, 0.2) is 36.7 Å². The van der Waals surface area contributed by atoms with Gasteiger partial charge in [0.15, 0.2) is 11.6 Å². The maximum Gasteiger partial charge on any atom is 0.187 e. The fourth-order valence-corrected chi connectivity index (χ4v) is 5.80. The quantitative estimate of drug-likeness (QED) is 0.358. The number of Topliss-reactive ketones (excluding diaryl/α,β-unsaturated/α-hetero) is 1. The van der Waals surface area contributed by atoms with E-state index in [0.717, 1.165) is 23.8 Å². The highest BCUT2D eigenvalue weighted by Crippen LogP contribution is 2.38. The predicted octanol–water partition coefficient (Wildman–Crippen LogP) is 4.33. The van der Waals surface area contributed by atoms with Crippen LogP contribution in [0.25, 0.3) is 11.3 Å². The smallest absolute Gasteiger partial charge is 0.187 e. The summed E-state index contributed by atoms with van der Waals surface area (Å²) in [5, 5.41) is 10.3. The van der Waals surface area contributed by atoms with Gasteiger partial charge in [-0.15, -0.1) is 0 Å². The van der Waals surface area contributed by atoms with Crippen LogP contribution in [0, 0.1) is 23.4 Å². The van der Waals surface area contributed by atoms with Crippen molar-refractivity contribution in [2.45, 2.75) is 63.2 Å². The number of carbonyl (C=O) groups excluding carboxylic acids is 1. The molecule has 8 nitrogen and oxygen atoms in total. The van der Waals surface area contributed by atoms with Gasteiger partial charge in [-0.1, -0.05) is 6.92 Å². The van der Waals surface area contributed by atoms with Crippen LogP contribution in [0.4, 0.5) is 18.9 Å². The monoisotopic (exact) mass is 570 g/mol. The number of halogens is 3. The van der Waals surface area contributed by atoms with E-state index < -0.39 is 46.6 Å². The first-order chi connectivity index (χ1) is 19.6. The molecular formula is C30H33F3N4O4. The zero-order valence-electron chi connectivity index (χ0n) is 22.7. The van der Waals surface area contributed by atoms with Gasteiger partial charge in [-0.2, -0.15) is 0 Å². The Labute approximate surface area is 235 Å². The van der Waals surface area contributed by atoms with Gasteiger partial charge in [-0.25, -0.2) is 18.2 Å². The first-order valence-electron chi connectivity index (χ1n) is 13.7. The zero-order valence-corrected chi connectivity index (χ0v) is 22.7. The number of nitrogens with two attached hydrogens (primary N) is 2. The van der Waals surface area contributed by atoms with Gasteiger partial charge in [0.25, 0.3) is 0 Å². The molecule has 0 spiro atoms. The number of nitrogen functional groups attached to an aromatic ring is 1. The Morgan fingerprint density at radius 3 is 2.51 bits per heavy atom. The van der Waals surface area contributed by atoms with E-state index in [1.165, 1.54) is 0 Å². The molecule has 2 fully saturated rings. The second-order valence-corrected chi connectivity index (χ2v) is 10.9. The lowest BCUT2D eigenvalue weighted by atomic mass is 9.74. The molecule has 218 valence electrons. The maximum atomic E-state index is 15.2. The van der Waals surface area contributed by atoms with Crippen molar-refractivity contribution in [3.8, 4) is 17.0 Å². The summed E-state index contributed by atoms with van der Waals surface area (Å²) in [4.78, 5) is 21.6. The minimum atomic E-state index is -1.08. The van der Waals surface area contributed by atoms with Crippen molar-refractivity contribution in [2.75, 3.05) is 18.9 Å². The first kappa shape index (κ1) is 29.0. The number of pyridine rings is 2. The van der Waals surface area contributed by atoms with E-state index >= 15 is 8.78 Å². The van der Waals surface area contributed by atoms with E-state index in [0.29, 0.717) is 44.5 Å². The van der Waals surface area contributed by atoms with Gasteiger partial charge < -0.3 is 26.0 Å². The van der Waals surface area contributed by atoms with Crippen LogP contribution in [0.1, 0.15) is 60.1 Å². The molecule has 41 heavy (non-hydrogen) atoms. The molecule has 0 amide bonds. The third-order valence-corrected chi connectivity index (χ3v) is 7.96. The van der Waals surface area contributed by atoms with Crippen LogP contribution in [-0.2, 0) is 11.2 Å². The molecule has 0 bridgehead atoms. The average Bonchev–Trinajstić information content (AvgIpc) is 2.93. The molecule has 3 heterocycles. The summed E-state index contributed by atoms with van der Waals surface area (Å²) in [6.07, 6.45) is 4.52. The Morgan fingerprint density at radius 1 is 1.12 bits per heavy atom. The summed E-state index contributed by atoms with van der Waals surface area (Å²) < 4.78 is 56.2. The number of ketones is 1. The lowest BCUT2D eigenvalue weighted by molar-refractivity contribution is 0.0253. The summed E-state index contributed by atoms with van der Waals surface area (Å²) in [6, 6.07) is 4.19. The number of carbonyl (C=O) groups is 1. The van der Waals surface area contributed by atoms with Crippen molar-refractivity contribution in [2.24, 2.45) is 11.7 Å². The van der Waals surface area contributed by atoms with Gasteiger partial charge in [0.05, 0.1) is 30.6 Å². The molecule has 2 aliphatic rings. The second kappa shape index (κ2) is 12.1. The van der Waals surface area contributed by atoms with Gasteiger partial charge in [0.2, 0.25) is 0 Å². The molecule has 1 aliphatic carbocycles. The third-order valence-electron chi connectivity index (χ3n) is 7.96. The predicted molar refractivity (Wildman–Crippen MR) is 146 cm³/mol. The van der Waals surface area contributed by atoms with Crippen LogP contribution in [0.3, 0.4) is 0 Å². The number of aromatic nitrogens is 2. The van der Waals surface area contributed by atoms with Crippen LogP contribution in [0.2, 0.25) is 0 Å². The van der Waals surface area contributed by atoms with Gasteiger partial charge in [0, 0.05) is 55.9 Å². The van der Waals surface area contributed by atoms with Crippen LogP contribution in [0.5, 0.6) is 5.75 Å². The lowest BCUT2D eigenvalue weighted by Gasteiger charge is -2.36. The number of rotatable bonds is 7. The topological polar surface area (TPSA) is 134 Å². The lowest BCUT2D eigenvalue weighted by Crippen LogP contribution is -2.44. The van der Waals surface area contributed by atoms with Crippen molar-refractivity contribution in [3.05, 3.63) is 70.9 Å². The summed E-state index contributed by atoms with van der Waals surface area (Å²) in [5.41, 5.74) is 11.6. The van der Waals surface area contributed by atoms with E-state index in [1.807, 2.05) is 13.0 Å². The summed E-state index contributed by atoms with van der Waals surface area (Å²) in [5.74, 6) is -3.87. The van der Waals surface area contributed by atoms with Crippen molar-refractivity contribution < 1.29 is 32.5 Å². The molecule has 2 aromatic heterocycles. The molecule has 5 N–H and O–H groups in total. The molecule has 0 unspecified atom stereocenters. The average molecular weight is 571 g/mol. The Kier molecular flexibility index (Phi) is 8.58. The maximum absolute atomic E-state index is 15.2. The van der Waals surface area contributed by atoms with Crippen LogP contribution in [-0.4, -0.2) is 52.3 Å². The SMILES string of the molecule is C[C@H]1C[C@@H](c2ccncc2CC(=O)c2nc(-c3c(F)cc(OC4CCOCC4)cc3F)c(F)cc2N)C[C@@H](N)[C@@H]1O. The molecule has 3 aromatic rings. The van der Waals surface area contributed by atoms with Crippen LogP contribution < -0.4 is 16.2 Å². The van der Waals surface area contributed by atoms with Gasteiger partial charge >= 0.3 is 0 Å². The second-order valence-electron chi connectivity index (χ2n) is 10.9. The Morgan fingerprint density at radius 2 is 1.83 bits per heavy atom. The molecule has 1 saturated heterocycles. The van der Waals surface area contributed by atoms with E-state index in [9.17, 15) is 14.3 Å². The number of hydrogen-bond acceptors (Lipinski definition) is 8. The molecular weight excluding hydrogens is 537 g/mol. The molecule has 11 heteroatoms. The fraction of sp³-hybridized carbons (Fsp3) is 0.433. The molecule has 1 saturated carbocycles. The molecule has 1 aliphatic heterocycles. The standard InChI is InChI=1S/C30H33F3N4O4/c1-15-8-16(9-25(35)30(15)39)20-2-5-36-14-17(20)10-26(38)29-24(34)13-23(33)28(37-29)27-21(31)11-19(12-22(27)32)41-18-3-6-40-7-4-18/h2,5,11-16,18,25,30,39H,3-4,6-10,34-35H2,1H3/t15-,16+,25+,30+/m0/s1. The first-order valence-corrected chi connectivity index (χ1v) is 13.7. The van der Waals surface area contributed by atoms with E-state index in [1.54, 1.807) is 12.4 Å². The van der Waals surface area contributed by atoms with Crippen molar-refractivity contribution in [3.63, 3.8) is 0 Å². The number of nitrogens with zero attached hydrogens (tertiary/aromatic N) is 2. The highest BCUT2D eigenvalue weighted by Gasteiger charge is 2.34. The summed E-state index contributed by atoms with van der Waals surface area (Å²) >= 11 is 0. The van der Waals surface area contributed by atoms with E-state index in [2.05, 4.69) is 9.97 Å². The summed E-state index contributed by atoms with van der Waals surface area (Å²) in [7, 11) is 0. The molecule has 4 atom stereocenters. The number of ether oxygens (including phenoxy) is 2. The summed E-state index contributed by atoms with van der Waals surface area (Å²) in [6.45, 7) is 2.90. The van der Waals surface area contributed by atoms with Gasteiger partial charge in [-0.05, 0) is 41.9 Å². The molecule has 5 rings (SSSR count). The highest BCUT2D eigenvalue weighted by atomic mass is 19.1. The fourth-order valence-electron chi connectivity index (χ4n) is 5.80. The number of anilines is 1. The van der Waals surface area contributed by atoms with Crippen LogP contribution >= 0.6 is 0 Å². The number of benzene rings is 1. The van der Waals surface area contributed by atoms with E-state index in [4.69, 9.17) is 20.9 Å². The van der Waals surface area contributed by atoms with Crippen molar-refractivity contribution in [1.82, 2.24) is 9.97 Å². The number of aliphatic hydroxyl groups is 1. The molecule has 1 aromatic carbocycles.